The van der Waals surface area contributed by atoms with Crippen LogP contribution < -0.4 is 5.32 Å². The lowest BCUT2D eigenvalue weighted by atomic mass is 10.3. The predicted octanol–water partition coefficient (Wildman–Crippen LogP) is 1.43. The first-order valence-electron chi connectivity index (χ1n) is 5.16. The van der Waals surface area contributed by atoms with Crippen LogP contribution in [0.1, 0.15) is 6.92 Å². The number of anilines is 1. The highest BCUT2D eigenvalue weighted by atomic mass is 15.2. The fraction of sp³-hybridized carbons (Fsp3) is 0.545. The molecular formula is C11H20N4. The molecule has 1 aromatic rings. The Hall–Kier alpha value is -1.29. The van der Waals surface area contributed by atoms with Crippen LogP contribution in [0, 0.1) is 0 Å². The molecule has 0 spiro atoms. The molecule has 0 radical (unpaired) electrons. The zero-order chi connectivity index (χ0) is 11.3. The van der Waals surface area contributed by atoms with Gasteiger partial charge >= 0.3 is 0 Å². The van der Waals surface area contributed by atoms with Gasteiger partial charge in [-0.05, 0) is 21.0 Å². The van der Waals surface area contributed by atoms with E-state index in [9.17, 15) is 0 Å². The van der Waals surface area contributed by atoms with Crippen molar-refractivity contribution >= 4 is 5.95 Å². The normalized spacial score (nSPS) is 12.8. The van der Waals surface area contributed by atoms with Gasteiger partial charge in [-0.3, -0.25) is 0 Å². The molecular weight excluding hydrogens is 188 g/mol. The first-order chi connectivity index (χ1) is 7.13. The monoisotopic (exact) mass is 208 g/mol. The summed E-state index contributed by atoms with van der Waals surface area (Å²) in [4.78, 5) is 6.42. The van der Waals surface area contributed by atoms with E-state index in [1.54, 1.807) is 6.20 Å². The maximum Gasteiger partial charge on any atom is 0.203 e. The van der Waals surface area contributed by atoms with E-state index in [0.717, 1.165) is 19.0 Å². The highest BCUT2D eigenvalue weighted by Crippen LogP contribution is 2.06. The summed E-state index contributed by atoms with van der Waals surface area (Å²) in [5, 5.41) is 3.37. The summed E-state index contributed by atoms with van der Waals surface area (Å²) in [7, 11) is 4.13. The van der Waals surface area contributed by atoms with Gasteiger partial charge in [0.1, 0.15) is 0 Å². The Labute approximate surface area is 91.6 Å². The molecule has 0 aliphatic carbocycles. The van der Waals surface area contributed by atoms with Gasteiger partial charge in [-0.1, -0.05) is 6.08 Å². The summed E-state index contributed by atoms with van der Waals surface area (Å²) in [5.41, 5.74) is 0. The van der Waals surface area contributed by atoms with Gasteiger partial charge < -0.3 is 14.8 Å². The molecule has 0 aliphatic rings. The largest absolute Gasteiger partial charge is 0.352 e. The van der Waals surface area contributed by atoms with E-state index in [1.165, 1.54) is 0 Å². The first-order valence-corrected chi connectivity index (χ1v) is 5.16. The average molecular weight is 208 g/mol. The molecule has 0 aliphatic heterocycles. The standard InChI is InChI=1S/C11H20N4/c1-5-7-15-8-6-12-11(15)13-10(2)9-14(3)4/h5-6,8,10H,1,7,9H2,2-4H3,(H,12,13). The number of hydrogen-bond donors (Lipinski definition) is 1. The van der Waals surface area contributed by atoms with Crippen LogP contribution in [0.2, 0.25) is 0 Å². The third-order valence-electron chi connectivity index (χ3n) is 2.06. The van der Waals surface area contributed by atoms with E-state index < -0.39 is 0 Å². The third-order valence-corrected chi connectivity index (χ3v) is 2.06. The molecule has 1 rings (SSSR count). The van der Waals surface area contributed by atoms with Gasteiger partial charge in [-0.2, -0.15) is 0 Å². The van der Waals surface area contributed by atoms with Crippen LogP contribution in [-0.2, 0) is 6.54 Å². The summed E-state index contributed by atoms with van der Waals surface area (Å²) < 4.78 is 2.04. The van der Waals surface area contributed by atoms with Crippen LogP contribution >= 0.6 is 0 Å². The molecule has 1 atom stereocenters. The van der Waals surface area contributed by atoms with Crippen molar-refractivity contribution in [1.82, 2.24) is 14.5 Å². The number of likely N-dealkylation sites (N-methyl/N-ethyl adjacent to an activating group) is 1. The number of aromatic nitrogens is 2. The summed E-state index contributed by atoms with van der Waals surface area (Å²) in [5.74, 6) is 0.907. The number of rotatable bonds is 6. The van der Waals surface area contributed by atoms with Gasteiger partial charge in [0, 0.05) is 31.5 Å². The Bertz CT molecular complexity index is 303. The molecule has 0 saturated carbocycles. The number of hydrogen-bond acceptors (Lipinski definition) is 3. The molecule has 0 saturated heterocycles. The average Bonchev–Trinajstić information content (AvgIpc) is 2.52. The van der Waals surface area contributed by atoms with Crippen LogP contribution in [0.25, 0.3) is 0 Å². The maximum atomic E-state index is 4.27. The molecule has 1 aromatic heterocycles. The van der Waals surface area contributed by atoms with Crippen molar-refractivity contribution in [2.45, 2.75) is 19.5 Å². The number of imidazole rings is 1. The molecule has 0 aromatic carbocycles. The molecule has 1 N–H and O–H groups in total. The lowest BCUT2D eigenvalue weighted by Gasteiger charge is -2.19. The molecule has 15 heavy (non-hydrogen) atoms. The van der Waals surface area contributed by atoms with E-state index >= 15 is 0 Å². The Morgan fingerprint density at radius 3 is 3.00 bits per heavy atom. The van der Waals surface area contributed by atoms with Crippen LogP contribution in [-0.4, -0.2) is 41.1 Å². The number of allylic oxidation sites excluding steroid dienone is 1. The zero-order valence-corrected chi connectivity index (χ0v) is 9.77. The minimum Gasteiger partial charge on any atom is -0.352 e. The second-order valence-electron chi connectivity index (χ2n) is 4.00. The molecule has 0 fully saturated rings. The summed E-state index contributed by atoms with van der Waals surface area (Å²) in [6.07, 6.45) is 5.62. The Balaban J connectivity index is 2.55. The van der Waals surface area contributed by atoms with E-state index in [1.807, 2.05) is 16.8 Å². The van der Waals surface area contributed by atoms with Crippen molar-refractivity contribution in [1.29, 1.82) is 0 Å². The molecule has 4 nitrogen and oxygen atoms in total. The van der Waals surface area contributed by atoms with Crippen LogP contribution in [0.15, 0.2) is 25.0 Å². The van der Waals surface area contributed by atoms with Gasteiger partial charge in [0.05, 0.1) is 0 Å². The summed E-state index contributed by atoms with van der Waals surface area (Å²) in [6, 6.07) is 0.381. The van der Waals surface area contributed by atoms with Crippen LogP contribution in [0.3, 0.4) is 0 Å². The van der Waals surface area contributed by atoms with Crippen LogP contribution in [0.5, 0.6) is 0 Å². The molecule has 1 unspecified atom stereocenters. The number of nitrogens with zero attached hydrogens (tertiary/aromatic N) is 3. The van der Waals surface area contributed by atoms with Crippen molar-refractivity contribution in [3.63, 3.8) is 0 Å². The topological polar surface area (TPSA) is 33.1 Å². The molecule has 1 heterocycles. The van der Waals surface area contributed by atoms with Crippen molar-refractivity contribution in [3.05, 3.63) is 25.0 Å². The molecule has 0 bridgehead atoms. The molecule has 0 amide bonds. The molecule has 4 heteroatoms. The second kappa shape index (κ2) is 5.56. The van der Waals surface area contributed by atoms with Crippen LogP contribution in [0.4, 0.5) is 5.95 Å². The van der Waals surface area contributed by atoms with E-state index in [-0.39, 0.29) is 0 Å². The SMILES string of the molecule is C=CCn1ccnc1NC(C)CN(C)C. The highest BCUT2D eigenvalue weighted by molar-refractivity contribution is 5.27. The van der Waals surface area contributed by atoms with Crippen molar-refractivity contribution < 1.29 is 0 Å². The van der Waals surface area contributed by atoms with E-state index in [4.69, 9.17) is 0 Å². The van der Waals surface area contributed by atoms with Crippen molar-refractivity contribution in [3.8, 4) is 0 Å². The van der Waals surface area contributed by atoms with E-state index in [0.29, 0.717) is 6.04 Å². The Morgan fingerprint density at radius 1 is 1.67 bits per heavy atom. The lowest BCUT2D eigenvalue weighted by molar-refractivity contribution is 0.391. The van der Waals surface area contributed by atoms with Gasteiger partial charge in [-0.25, -0.2) is 4.98 Å². The quantitative estimate of drug-likeness (QED) is 0.718. The first kappa shape index (κ1) is 11.8. The summed E-state index contributed by atoms with van der Waals surface area (Å²) in [6.45, 7) is 7.64. The fourth-order valence-electron chi connectivity index (χ4n) is 1.55. The lowest BCUT2D eigenvalue weighted by Crippen LogP contribution is -2.30. The molecule has 84 valence electrons. The van der Waals surface area contributed by atoms with Gasteiger partial charge in [0.15, 0.2) is 0 Å². The minimum atomic E-state index is 0.381. The number of nitrogens with one attached hydrogen (secondary N) is 1. The Morgan fingerprint density at radius 2 is 2.40 bits per heavy atom. The summed E-state index contributed by atoms with van der Waals surface area (Å²) >= 11 is 0. The minimum absolute atomic E-state index is 0.381. The predicted molar refractivity (Wildman–Crippen MR) is 64.1 cm³/mol. The van der Waals surface area contributed by atoms with Crippen molar-refractivity contribution in [2.24, 2.45) is 0 Å². The highest BCUT2D eigenvalue weighted by Gasteiger charge is 2.06. The zero-order valence-electron chi connectivity index (χ0n) is 9.77. The van der Waals surface area contributed by atoms with E-state index in [2.05, 4.69) is 42.8 Å². The van der Waals surface area contributed by atoms with Gasteiger partial charge in [-0.15, -0.1) is 6.58 Å². The fourth-order valence-corrected chi connectivity index (χ4v) is 1.55. The van der Waals surface area contributed by atoms with Crippen molar-refractivity contribution in [2.75, 3.05) is 26.0 Å². The second-order valence-corrected chi connectivity index (χ2v) is 4.00. The van der Waals surface area contributed by atoms with Gasteiger partial charge in [0.25, 0.3) is 0 Å². The Kier molecular flexibility index (Phi) is 4.37. The van der Waals surface area contributed by atoms with Gasteiger partial charge in [0.2, 0.25) is 5.95 Å². The third kappa shape index (κ3) is 3.75. The maximum absolute atomic E-state index is 4.27. The smallest absolute Gasteiger partial charge is 0.203 e.